The molecule has 2 atom stereocenters. The van der Waals surface area contributed by atoms with E-state index in [4.69, 9.17) is 5.11 Å². The highest BCUT2D eigenvalue weighted by Crippen LogP contribution is 2.31. The normalized spacial score (nSPS) is 26.5. The number of carboxylic acid groups (broad SMARTS) is 1. The van der Waals surface area contributed by atoms with Crippen molar-refractivity contribution in [2.24, 2.45) is 5.92 Å². The van der Waals surface area contributed by atoms with Gasteiger partial charge in [-0.25, -0.2) is 0 Å². The van der Waals surface area contributed by atoms with E-state index in [1.165, 1.54) is 0 Å². The molecule has 1 aliphatic rings. The molecule has 0 amide bonds. The van der Waals surface area contributed by atoms with Gasteiger partial charge in [0.05, 0.1) is 5.92 Å². The molecular weight excluding hydrogens is 190 g/mol. The molecule has 0 aromatic heterocycles. The van der Waals surface area contributed by atoms with Crippen molar-refractivity contribution in [1.82, 2.24) is 4.90 Å². The SMILES string of the molecule is CCC(CC)N(C)C1CCCC1C(=O)O. The van der Waals surface area contributed by atoms with Gasteiger partial charge in [0.25, 0.3) is 0 Å². The topological polar surface area (TPSA) is 40.5 Å². The summed E-state index contributed by atoms with van der Waals surface area (Å²) in [6.07, 6.45) is 5.17. The van der Waals surface area contributed by atoms with E-state index < -0.39 is 5.97 Å². The van der Waals surface area contributed by atoms with Crippen LogP contribution >= 0.6 is 0 Å². The number of rotatable bonds is 5. The molecule has 0 spiro atoms. The number of nitrogens with zero attached hydrogens (tertiary/aromatic N) is 1. The van der Waals surface area contributed by atoms with Gasteiger partial charge in [0.2, 0.25) is 0 Å². The Hall–Kier alpha value is -0.570. The summed E-state index contributed by atoms with van der Waals surface area (Å²) in [5.41, 5.74) is 0. The van der Waals surface area contributed by atoms with Gasteiger partial charge in [-0.05, 0) is 32.7 Å². The van der Waals surface area contributed by atoms with Crippen LogP contribution < -0.4 is 0 Å². The Morgan fingerprint density at radius 1 is 1.40 bits per heavy atom. The third kappa shape index (κ3) is 2.71. The summed E-state index contributed by atoms with van der Waals surface area (Å²) in [6.45, 7) is 4.35. The lowest BCUT2D eigenvalue weighted by molar-refractivity contribution is -0.143. The molecule has 3 heteroatoms. The Bertz CT molecular complexity index is 214. The van der Waals surface area contributed by atoms with Crippen molar-refractivity contribution >= 4 is 5.97 Å². The second kappa shape index (κ2) is 5.50. The molecule has 0 aliphatic heterocycles. The molecule has 0 saturated heterocycles. The molecule has 1 aliphatic carbocycles. The van der Waals surface area contributed by atoms with Crippen molar-refractivity contribution in [3.63, 3.8) is 0 Å². The minimum Gasteiger partial charge on any atom is -0.481 e. The van der Waals surface area contributed by atoms with Gasteiger partial charge in [0.1, 0.15) is 0 Å². The van der Waals surface area contributed by atoms with Gasteiger partial charge in [0.15, 0.2) is 0 Å². The predicted molar refractivity (Wildman–Crippen MR) is 60.9 cm³/mol. The van der Waals surface area contributed by atoms with Gasteiger partial charge in [-0.3, -0.25) is 9.69 Å². The van der Waals surface area contributed by atoms with Gasteiger partial charge in [-0.2, -0.15) is 0 Å². The molecule has 3 nitrogen and oxygen atoms in total. The molecule has 15 heavy (non-hydrogen) atoms. The van der Waals surface area contributed by atoms with E-state index in [2.05, 4.69) is 25.8 Å². The molecule has 1 fully saturated rings. The molecule has 0 aromatic rings. The highest BCUT2D eigenvalue weighted by molar-refractivity contribution is 5.71. The van der Waals surface area contributed by atoms with E-state index in [1.807, 2.05) is 0 Å². The van der Waals surface area contributed by atoms with E-state index in [1.54, 1.807) is 0 Å². The maximum absolute atomic E-state index is 11.1. The Morgan fingerprint density at radius 2 is 2.00 bits per heavy atom. The fourth-order valence-corrected chi connectivity index (χ4v) is 2.85. The summed E-state index contributed by atoms with van der Waals surface area (Å²) in [7, 11) is 2.09. The Balaban J connectivity index is 2.64. The minimum absolute atomic E-state index is 0.143. The second-order valence-electron chi connectivity index (χ2n) is 4.58. The van der Waals surface area contributed by atoms with Crippen molar-refractivity contribution in [1.29, 1.82) is 0 Å². The first-order valence-corrected chi connectivity index (χ1v) is 6.06. The molecule has 0 bridgehead atoms. The molecule has 1 N–H and O–H groups in total. The molecule has 88 valence electrons. The fourth-order valence-electron chi connectivity index (χ4n) is 2.85. The minimum atomic E-state index is -0.615. The third-order valence-corrected chi connectivity index (χ3v) is 3.84. The number of carboxylic acids is 1. The summed E-state index contributed by atoms with van der Waals surface area (Å²) in [5.74, 6) is -0.758. The smallest absolute Gasteiger partial charge is 0.308 e. The van der Waals surface area contributed by atoms with Crippen LogP contribution in [-0.4, -0.2) is 35.1 Å². The van der Waals surface area contributed by atoms with Gasteiger partial charge in [-0.15, -0.1) is 0 Å². The zero-order chi connectivity index (χ0) is 11.4. The molecule has 0 radical (unpaired) electrons. The van der Waals surface area contributed by atoms with E-state index >= 15 is 0 Å². The number of hydrogen-bond acceptors (Lipinski definition) is 2. The lowest BCUT2D eigenvalue weighted by Gasteiger charge is -2.34. The predicted octanol–water partition coefficient (Wildman–Crippen LogP) is 2.36. The van der Waals surface area contributed by atoms with Crippen LogP contribution in [0.5, 0.6) is 0 Å². The molecule has 1 rings (SSSR count). The zero-order valence-electron chi connectivity index (χ0n) is 10.1. The molecular formula is C12H23NO2. The Morgan fingerprint density at radius 3 is 2.47 bits per heavy atom. The van der Waals surface area contributed by atoms with Crippen LogP contribution in [0.2, 0.25) is 0 Å². The average Bonchev–Trinajstić information content (AvgIpc) is 2.67. The summed E-state index contributed by atoms with van der Waals surface area (Å²) in [6, 6.07) is 0.794. The standard InChI is InChI=1S/C12H23NO2/c1-4-9(5-2)13(3)11-8-6-7-10(11)12(14)15/h9-11H,4-8H2,1-3H3,(H,14,15). The Labute approximate surface area is 92.5 Å². The maximum Gasteiger partial charge on any atom is 0.308 e. The molecule has 2 unspecified atom stereocenters. The van der Waals surface area contributed by atoms with Crippen molar-refractivity contribution in [2.45, 2.75) is 58.0 Å². The van der Waals surface area contributed by atoms with Crippen LogP contribution in [0.4, 0.5) is 0 Å². The summed E-state index contributed by atoms with van der Waals surface area (Å²) in [4.78, 5) is 13.4. The van der Waals surface area contributed by atoms with Crippen molar-refractivity contribution in [3.05, 3.63) is 0 Å². The van der Waals surface area contributed by atoms with E-state index in [-0.39, 0.29) is 12.0 Å². The summed E-state index contributed by atoms with van der Waals surface area (Å²) < 4.78 is 0. The zero-order valence-corrected chi connectivity index (χ0v) is 10.1. The fraction of sp³-hybridized carbons (Fsp3) is 0.917. The van der Waals surface area contributed by atoms with E-state index in [0.29, 0.717) is 6.04 Å². The lowest BCUT2D eigenvalue weighted by atomic mass is 9.99. The van der Waals surface area contributed by atoms with Crippen LogP contribution in [0.15, 0.2) is 0 Å². The molecule has 1 saturated carbocycles. The third-order valence-electron chi connectivity index (χ3n) is 3.84. The van der Waals surface area contributed by atoms with Crippen molar-refractivity contribution < 1.29 is 9.90 Å². The highest BCUT2D eigenvalue weighted by atomic mass is 16.4. The van der Waals surface area contributed by atoms with Crippen LogP contribution in [0, 0.1) is 5.92 Å². The van der Waals surface area contributed by atoms with E-state index in [0.717, 1.165) is 32.1 Å². The van der Waals surface area contributed by atoms with Gasteiger partial charge in [-0.1, -0.05) is 20.3 Å². The summed E-state index contributed by atoms with van der Waals surface area (Å²) in [5, 5.41) is 9.13. The number of aliphatic carboxylic acids is 1. The number of carbonyl (C=O) groups is 1. The first-order valence-electron chi connectivity index (χ1n) is 6.06. The van der Waals surface area contributed by atoms with Crippen molar-refractivity contribution in [3.8, 4) is 0 Å². The average molecular weight is 213 g/mol. The first kappa shape index (κ1) is 12.5. The monoisotopic (exact) mass is 213 g/mol. The van der Waals surface area contributed by atoms with Crippen molar-refractivity contribution in [2.75, 3.05) is 7.05 Å². The van der Waals surface area contributed by atoms with Crippen LogP contribution in [0.3, 0.4) is 0 Å². The highest BCUT2D eigenvalue weighted by Gasteiger charge is 2.36. The Kier molecular flexibility index (Phi) is 4.58. The van der Waals surface area contributed by atoms with Crippen LogP contribution in [-0.2, 0) is 4.79 Å². The second-order valence-corrected chi connectivity index (χ2v) is 4.58. The van der Waals surface area contributed by atoms with Crippen LogP contribution in [0.1, 0.15) is 46.0 Å². The quantitative estimate of drug-likeness (QED) is 0.762. The van der Waals surface area contributed by atoms with Crippen LogP contribution in [0.25, 0.3) is 0 Å². The first-order chi connectivity index (χ1) is 7.11. The summed E-state index contributed by atoms with van der Waals surface area (Å²) >= 11 is 0. The molecule has 0 aromatic carbocycles. The largest absolute Gasteiger partial charge is 0.481 e. The van der Waals surface area contributed by atoms with Gasteiger partial charge in [0, 0.05) is 12.1 Å². The van der Waals surface area contributed by atoms with E-state index in [9.17, 15) is 4.79 Å². The maximum atomic E-state index is 11.1. The molecule has 0 heterocycles. The van der Waals surface area contributed by atoms with Gasteiger partial charge >= 0.3 is 5.97 Å². The van der Waals surface area contributed by atoms with Gasteiger partial charge < -0.3 is 5.11 Å². The number of hydrogen-bond donors (Lipinski definition) is 1. The lowest BCUT2D eigenvalue weighted by Crippen LogP contribution is -2.43.